The lowest BCUT2D eigenvalue weighted by Crippen LogP contribution is -2.13. The first-order valence-electron chi connectivity index (χ1n) is 5.83. The van der Waals surface area contributed by atoms with Gasteiger partial charge in [-0.25, -0.2) is 14.8 Å². The number of hydrogen-bond acceptors (Lipinski definition) is 5. The Morgan fingerprint density at radius 2 is 1.95 bits per heavy atom. The standard InChI is InChI=1S/C14H12N2O4/c1-20-12(17)7-11-10(14(18)19)8-15-13(16-11)9-5-3-2-4-6-9/h2-6,8H,7H2,1H3,(H,18,19). The van der Waals surface area contributed by atoms with Crippen molar-refractivity contribution >= 4 is 11.9 Å². The van der Waals surface area contributed by atoms with Crippen LogP contribution in [0.1, 0.15) is 16.1 Å². The number of ether oxygens (including phenoxy) is 1. The second-order valence-corrected chi connectivity index (χ2v) is 3.98. The Balaban J connectivity index is 2.45. The van der Waals surface area contributed by atoms with Crippen LogP contribution in [0.25, 0.3) is 11.4 Å². The summed E-state index contributed by atoms with van der Waals surface area (Å²) in [6.45, 7) is 0. The molecule has 0 atom stereocenters. The summed E-state index contributed by atoms with van der Waals surface area (Å²) in [5, 5.41) is 9.08. The van der Waals surface area contributed by atoms with E-state index in [2.05, 4.69) is 14.7 Å². The maximum absolute atomic E-state index is 11.3. The molecule has 1 aromatic heterocycles. The topological polar surface area (TPSA) is 89.4 Å². The van der Waals surface area contributed by atoms with E-state index < -0.39 is 11.9 Å². The van der Waals surface area contributed by atoms with Gasteiger partial charge >= 0.3 is 11.9 Å². The Morgan fingerprint density at radius 1 is 1.25 bits per heavy atom. The first-order valence-corrected chi connectivity index (χ1v) is 5.83. The average Bonchev–Trinajstić information content (AvgIpc) is 2.47. The minimum Gasteiger partial charge on any atom is -0.478 e. The zero-order valence-corrected chi connectivity index (χ0v) is 10.7. The number of aromatic nitrogens is 2. The molecule has 1 heterocycles. The van der Waals surface area contributed by atoms with Crippen LogP contribution in [0, 0.1) is 0 Å². The fourth-order valence-electron chi connectivity index (χ4n) is 1.67. The second kappa shape index (κ2) is 5.92. The summed E-state index contributed by atoms with van der Waals surface area (Å²) >= 11 is 0. The number of methoxy groups -OCH3 is 1. The fraction of sp³-hybridized carbons (Fsp3) is 0.143. The number of carboxylic acids is 1. The third kappa shape index (κ3) is 2.97. The van der Waals surface area contributed by atoms with E-state index in [1.807, 2.05) is 18.2 Å². The van der Waals surface area contributed by atoms with Gasteiger partial charge < -0.3 is 9.84 Å². The summed E-state index contributed by atoms with van der Waals surface area (Å²) in [4.78, 5) is 30.6. The van der Waals surface area contributed by atoms with Crippen LogP contribution in [0.2, 0.25) is 0 Å². The molecule has 2 aromatic rings. The molecular formula is C14H12N2O4. The van der Waals surface area contributed by atoms with Gasteiger partial charge in [0.05, 0.1) is 24.8 Å². The van der Waals surface area contributed by atoms with Gasteiger partial charge in [0.25, 0.3) is 0 Å². The van der Waals surface area contributed by atoms with Gasteiger partial charge in [-0.15, -0.1) is 0 Å². The van der Waals surface area contributed by atoms with E-state index >= 15 is 0 Å². The van der Waals surface area contributed by atoms with Gasteiger partial charge in [-0.3, -0.25) is 4.79 Å². The highest BCUT2D eigenvalue weighted by molar-refractivity contribution is 5.90. The highest BCUT2D eigenvalue weighted by Gasteiger charge is 2.17. The molecule has 1 N–H and O–H groups in total. The summed E-state index contributed by atoms with van der Waals surface area (Å²) in [5.41, 5.74) is 0.781. The number of carbonyl (C=O) groups excluding carboxylic acids is 1. The van der Waals surface area contributed by atoms with Crippen molar-refractivity contribution in [1.29, 1.82) is 0 Å². The van der Waals surface area contributed by atoms with Gasteiger partial charge in [-0.05, 0) is 0 Å². The van der Waals surface area contributed by atoms with Gasteiger partial charge in [0.1, 0.15) is 0 Å². The lowest BCUT2D eigenvalue weighted by atomic mass is 10.1. The smallest absolute Gasteiger partial charge is 0.339 e. The Bertz CT molecular complexity index is 641. The summed E-state index contributed by atoms with van der Waals surface area (Å²) in [7, 11) is 1.24. The number of hydrogen-bond donors (Lipinski definition) is 1. The number of rotatable bonds is 4. The van der Waals surface area contributed by atoms with Crippen molar-refractivity contribution in [2.75, 3.05) is 7.11 Å². The number of nitrogens with zero attached hydrogens (tertiary/aromatic N) is 2. The number of aromatic carboxylic acids is 1. The molecule has 1 aromatic carbocycles. The van der Waals surface area contributed by atoms with Gasteiger partial charge in [0.15, 0.2) is 5.82 Å². The van der Waals surface area contributed by atoms with Crippen molar-refractivity contribution in [2.45, 2.75) is 6.42 Å². The second-order valence-electron chi connectivity index (χ2n) is 3.98. The molecule has 0 aliphatic carbocycles. The maximum Gasteiger partial charge on any atom is 0.339 e. The average molecular weight is 272 g/mol. The Labute approximate surface area is 115 Å². The monoisotopic (exact) mass is 272 g/mol. The molecule has 6 heteroatoms. The predicted molar refractivity (Wildman–Crippen MR) is 70.1 cm³/mol. The molecular weight excluding hydrogens is 260 g/mol. The van der Waals surface area contributed by atoms with Gasteiger partial charge in [0.2, 0.25) is 0 Å². The normalized spacial score (nSPS) is 10.1. The fourth-order valence-corrected chi connectivity index (χ4v) is 1.67. The van der Waals surface area contributed by atoms with E-state index in [9.17, 15) is 9.59 Å². The van der Waals surface area contributed by atoms with Crippen LogP contribution < -0.4 is 0 Å². The molecule has 0 amide bonds. The van der Waals surface area contributed by atoms with Crippen LogP contribution in [0.15, 0.2) is 36.5 Å². The molecule has 0 aliphatic heterocycles. The van der Waals surface area contributed by atoms with Crippen LogP contribution in [-0.2, 0) is 16.0 Å². The van der Waals surface area contributed by atoms with Crippen molar-refractivity contribution in [3.8, 4) is 11.4 Å². The molecule has 0 radical (unpaired) electrons. The van der Waals surface area contributed by atoms with E-state index in [0.29, 0.717) is 5.82 Å². The third-order valence-electron chi connectivity index (χ3n) is 2.67. The third-order valence-corrected chi connectivity index (χ3v) is 2.67. The molecule has 0 bridgehead atoms. The SMILES string of the molecule is COC(=O)Cc1nc(-c2ccccc2)ncc1C(=O)O. The number of benzene rings is 1. The minimum absolute atomic E-state index is 0.102. The molecule has 0 fully saturated rings. The summed E-state index contributed by atoms with van der Waals surface area (Å²) in [6.07, 6.45) is 0.996. The van der Waals surface area contributed by atoms with Crippen molar-refractivity contribution in [2.24, 2.45) is 0 Å². The van der Waals surface area contributed by atoms with Gasteiger partial charge in [-0.1, -0.05) is 30.3 Å². The van der Waals surface area contributed by atoms with E-state index in [0.717, 1.165) is 5.56 Å². The van der Waals surface area contributed by atoms with Gasteiger partial charge in [-0.2, -0.15) is 0 Å². The first-order chi connectivity index (χ1) is 9.61. The molecule has 0 saturated heterocycles. The molecule has 6 nitrogen and oxygen atoms in total. The van der Waals surface area contributed by atoms with E-state index in [4.69, 9.17) is 5.11 Å². The first kappa shape index (κ1) is 13.7. The molecule has 0 saturated carbocycles. The lowest BCUT2D eigenvalue weighted by Gasteiger charge is -2.06. The van der Waals surface area contributed by atoms with Crippen LogP contribution in [0.3, 0.4) is 0 Å². The largest absolute Gasteiger partial charge is 0.478 e. The van der Waals surface area contributed by atoms with Gasteiger partial charge in [0, 0.05) is 11.8 Å². The number of carbonyl (C=O) groups is 2. The zero-order chi connectivity index (χ0) is 14.5. The zero-order valence-electron chi connectivity index (χ0n) is 10.7. The van der Waals surface area contributed by atoms with E-state index in [1.54, 1.807) is 12.1 Å². The lowest BCUT2D eigenvalue weighted by molar-refractivity contribution is -0.139. The minimum atomic E-state index is -1.18. The summed E-state index contributed by atoms with van der Waals surface area (Å²) in [6, 6.07) is 9.10. The van der Waals surface area contributed by atoms with Crippen molar-refractivity contribution in [3.63, 3.8) is 0 Å². The quantitative estimate of drug-likeness (QED) is 0.849. The molecule has 102 valence electrons. The highest BCUT2D eigenvalue weighted by Crippen LogP contribution is 2.16. The van der Waals surface area contributed by atoms with Crippen LogP contribution in [0.4, 0.5) is 0 Å². The molecule has 0 unspecified atom stereocenters. The van der Waals surface area contributed by atoms with Crippen LogP contribution in [0.5, 0.6) is 0 Å². The molecule has 2 rings (SSSR count). The Hall–Kier alpha value is -2.76. The highest BCUT2D eigenvalue weighted by atomic mass is 16.5. The van der Waals surface area contributed by atoms with E-state index in [1.165, 1.54) is 13.3 Å². The van der Waals surface area contributed by atoms with Crippen molar-refractivity contribution < 1.29 is 19.4 Å². The van der Waals surface area contributed by atoms with E-state index in [-0.39, 0.29) is 17.7 Å². The molecule has 0 aliphatic rings. The molecule has 20 heavy (non-hydrogen) atoms. The van der Waals surface area contributed by atoms with Crippen molar-refractivity contribution in [3.05, 3.63) is 47.8 Å². The number of esters is 1. The van der Waals surface area contributed by atoms with Crippen LogP contribution >= 0.6 is 0 Å². The summed E-state index contributed by atoms with van der Waals surface area (Å²) in [5.74, 6) is -1.36. The Morgan fingerprint density at radius 3 is 2.55 bits per heavy atom. The predicted octanol–water partition coefficient (Wildman–Crippen LogP) is 1.56. The van der Waals surface area contributed by atoms with Crippen molar-refractivity contribution in [1.82, 2.24) is 9.97 Å². The summed E-state index contributed by atoms with van der Waals surface area (Å²) < 4.78 is 4.54. The van der Waals surface area contributed by atoms with Crippen LogP contribution in [-0.4, -0.2) is 34.1 Å². The Kier molecular flexibility index (Phi) is 4.05. The number of carboxylic acid groups (broad SMARTS) is 1. The maximum atomic E-state index is 11.3. The molecule has 0 spiro atoms.